The van der Waals surface area contributed by atoms with Gasteiger partial charge in [-0.15, -0.1) is 11.3 Å². The smallest absolute Gasteiger partial charge is 0.355 e. The van der Waals surface area contributed by atoms with Crippen molar-refractivity contribution in [2.45, 2.75) is 17.7 Å². The van der Waals surface area contributed by atoms with E-state index in [9.17, 15) is 18.3 Å². The Bertz CT molecular complexity index is 1660. The molecule has 8 nitrogen and oxygen atoms in total. The van der Waals surface area contributed by atoms with Crippen molar-refractivity contribution in [3.63, 3.8) is 0 Å². The molecule has 3 N–H and O–H groups in total. The second-order valence-electron chi connectivity index (χ2n) is 8.40. The lowest BCUT2D eigenvalue weighted by molar-refractivity contribution is 0.0691. The number of aromatic carboxylic acids is 1. The first-order chi connectivity index (χ1) is 17.8. The van der Waals surface area contributed by atoms with E-state index in [1.807, 2.05) is 60.7 Å². The predicted molar refractivity (Wildman–Crippen MR) is 142 cm³/mol. The van der Waals surface area contributed by atoms with Crippen molar-refractivity contribution in [2.24, 2.45) is 5.14 Å². The molecule has 5 rings (SSSR count). The SMILES string of the molecule is NS(=O)(=O)c1ccc(Cc2c(-c3ccccc3)nn(-c3nc(C(=O)O)cs3)c2Cc2ccccc2)cc1. The summed E-state index contributed by atoms with van der Waals surface area (Å²) in [5.41, 5.74) is 5.35. The number of thiazole rings is 1. The Hall–Kier alpha value is -4.12. The zero-order chi connectivity index (χ0) is 26.0. The van der Waals surface area contributed by atoms with E-state index in [0.717, 1.165) is 33.6 Å². The van der Waals surface area contributed by atoms with Crippen LogP contribution in [-0.2, 0) is 22.9 Å². The summed E-state index contributed by atoms with van der Waals surface area (Å²) in [6.45, 7) is 0. The topological polar surface area (TPSA) is 128 Å². The number of hydrogen-bond donors (Lipinski definition) is 2. The van der Waals surface area contributed by atoms with Gasteiger partial charge >= 0.3 is 5.97 Å². The molecule has 3 aromatic carbocycles. The minimum absolute atomic E-state index is 0.0393. The lowest BCUT2D eigenvalue weighted by atomic mass is 9.96. The van der Waals surface area contributed by atoms with Gasteiger partial charge in [0.2, 0.25) is 15.2 Å². The van der Waals surface area contributed by atoms with Crippen LogP contribution in [0, 0.1) is 0 Å². The Balaban J connectivity index is 1.69. The molecule has 0 saturated heterocycles. The van der Waals surface area contributed by atoms with Crippen molar-refractivity contribution in [2.75, 3.05) is 0 Å². The highest BCUT2D eigenvalue weighted by Gasteiger charge is 2.23. The van der Waals surface area contributed by atoms with Gasteiger partial charge < -0.3 is 5.11 Å². The maximum absolute atomic E-state index is 11.7. The lowest BCUT2D eigenvalue weighted by Crippen LogP contribution is -2.12. The van der Waals surface area contributed by atoms with E-state index in [-0.39, 0.29) is 10.6 Å². The summed E-state index contributed by atoms with van der Waals surface area (Å²) in [6.07, 6.45) is 1.00. The van der Waals surface area contributed by atoms with Crippen LogP contribution in [-0.4, -0.2) is 34.3 Å². The molecule has 186 valence electrons. The Morgan fingerprint density at radius 1 is 0.892 bits per heavy atom. The molecule has 0 aliphatic rings. The third kappa shape index (κ3) is 5.36. The fourth-order valence-corrected chi connectivity index (χ4v) is 5.38. The first kappa shape index (κ1) is 24.6. The first-order valence-electron chi connectivity index (χ1n) is 11.3. The number of nitrogens with two attached hydrogens (primary N) is 1. The van der Waals surface area contributed by atoms with Crippen molar-refractivity contribution < 1.29 is 18.3 Å². The molecule has 37 heavy (non-hydrogen) atoms. The van der Waals surface area contributed by atoms with Gasteiger partial charge in [-0.3, -0.25) is 0 Å². The van der Waals surface area contributed by atoms with E-state index in [0.29, 0.717) is 18.0 Å². The lowest BCUT2D eigenvalue weighted by Gasteiger charge is -2.10. The minimum Gasteiger partial charge on any atom is -0.476 e. The Morgan fingerprint density at radius 2 is 1.51 bits per heavy atom. The second-order valence-corrected chi connectivity index (χ2v) is 10.8. The molecule has 5 aromatic rings. The Morgan fingerprint density at radius 3 is 2.11 bits per heavy atom. The summed E-state index contributed by atoms with van der Waals surface area (Å²) in [5, 5.41) is 21.6. The van der Waals surface area contributed by atoms with Gasteiger partial charge in [0.15, 0.2) is 5.69 Å². The van der Waals surface area contributed by atoms with Crippen molar-refractivity contribution in [1.82, 2.24) is 14.8 Å². The molecule has 10 heteroatoms. The van der Waals surface area contributed by atoms with Gasteiger partial charge in [0, 0.05) is 29.3 Å². The molecule has 0 aliphatic heterocycles. The van der Waals surface area contributed by atoms with Crippen LogP contribution < -0.4 is 5.14 Å². The molecule has 0 spiro atoms. The van der Waals surface area contributed by atoms with Crippen LogP contribution in [0.2, 0.25) is 0 Å². The van der Waals surface area contributed by atoms with Crippen LogP contribution in [0.3, 0.4) is 0 Å². The monoisotopic (exact) mass is 530 g/mol. The predicted octanol–water partition coefficient (Wildman–Crippen LogP) is 4.52. The van der Waals surface area contributed by atoms with Crippen LogP contribution in [0.25, 0.3) is 16.4 Å². The number of carbonyl (C=O) groups is 1. The summed E-state index contributed by atoms with van der Waals surface area (Å²) in [5.74, 6) is -1.10. The third-order valence-corrected chi connectivity index (χ3v) is 7.62. The van der Waals surface area contributed by atoms with Gasteiger partial charge in [0.05, 0.1) is 16.3 Å². The van der Waals surface area contributed by atoms with Crippen LogP contribution in [0.15, 0.2) is 95.2 Å². The van der Waals surface area contributed by atoms with Gasteiger partial charge in [-0.2, -0.15) is 5.10 Å². The van der Waals surface area contributed by atoms with Crippen LogP contribution in [0.1, 0.15) is 32.9 Å². The second kappa shape index (κ2) is 10.1. The molecule has 0 atom stereocenters. The molecule has 0 amide bonds. The average molecular weight is 531 g/mol. The highest BCUT2D eigenvalue weighted by atomic mass is 32.2. The molecule has 2 aromatic heterocycles. The van der Waals surface area contributed by atoms with Crippen LogP contribution in [0.5, 0.6) is 0 Å². The molecule has 0 aliphatic carbocycles. The summed E-state index contributed by atoms with van der Waals surface area (Å²) in [6, 6.07) is 26.1. The average Bonchev–Trinajstić information content (AvgIpc) is 3.51. The molecule has 0 radical (unpaired) electrons. The summed E-state index contributed by atoms with van der Waals surface area (Å²) in [7, 11) is -3.80. The number of carboxylic acids is 1. The molecular formula is C27H22N4O4S2. The summed E-state index contributed by atoms with van der Waals surface area (Å²) < 4.78 is 25.2. The van der Waals surface area contributed by atoms with Gasteiger partial charge in [0.25, 0.3) is 0 Å². The molecular weight excluding hydrogens is 508 g/mol. The number of rotatable bonds is 8. The number of hydrogen-bond acceptors (Lipinski definition) is 6. The Kier molecular flexibility index (Phi) is 6.70. The van der Waals surface area contributed by atoms with E-state index >= 15 is 0 Å². The van der Waals surface area contributed by atoms with Crippen LogP contribution in [0.4, 0.5) is 0 Å². The maximum atomic E-state index is 11.7. The number of nitrogens with zero attached hydrogens (tertiary/aromatic N) is 3. The van der Waals surface area contributed by atoms with E-state index in [4.69, 9.17) is 10.2 Å². The van der Waals surface area contributed by atoms with Crippen molar-refractivity contribution in [3.05, 3.63) is 118 Å². The quantitative estimate of drug-likeness (QED) is 0.304. The Labute approximate surface area is 217 Å². The zero-order valence-electron chi connectivity index (χ0n) is 19.5. The largest absolute Gasteiger partial charge is 0.476 e. The van der Waals surface area contributed by atoms with Gasteiger partial charge in [0.1, 0.15) is 0 Å². The third-order valence-electron chi connectivity index (χ3n) is 5.88. The van der Waals surface area contributed by atoms with E-state index in [1.54, 1.807) is 16.8 Å². The van der Waals surface area contributed by atoms with E-state index < -0.39 is 16.0 Å². The fraction of sp³-hybridized carbons (Fsp3) is 0.0741. The number of primary sulfonamides is 1. The standard InChI is InChI=1S/C27H22N4O4S2/c28-37(34,35)21-13-11-19(12-14-21)15-22-24(16-18-7-3-1-4-8-18)31(27-29-23(17-36-27)26(32)33)30-25(22)20-9-5-2-6-10-20/h1-14,17H,15-16H2,(H,32,33)(H2,28,34,35). The molecule has 2 heterocycles. The highest BCUT2D eigenvalue weighted by Crippen LogP contribution is 2.32. The van der Waals surface area contributed by atoms with E-state index in [2.05, 4.69) is 4.98 Å². The van der Waals surface area contributed by atoms with Crippen molar-refractivity contribution in [3.8, 4) is 16.4 Å². The number of aromatic nitrogens is 3. The highest BCUT2D eigenvalue weighted by molar-refractivity contribution is 7.89. The summed E-state index contributed by atoms with van der Waals surface area (Å²) in [4.78, 5) is 15.9. The van der Waals surface area contributed by atoms with Crippen LogP contribution >= 0.6 is 11.3 Å². The zero-order valence-corrected chi connectivity index (χ0v) is 21.1. The van der Waals surface area contributed by atoms with E-state index in [1.165, 1.54) is 28.8 Å². The normalized spacial score (nSPS) is 11.5. The van der Waals surface area contributed by atoms with Crippen molar-refractivity contribution in [1.29, 1.82) is 0 Å². The van der Waals surface area contributed by atoms with Gasteiger partial charge in [-0.25, -0.2) is 28.0 Å². The fourth-order valence-electron chi connectivity index (χ4n) is 4.09. The molecule has 0 bridgehead atoms. The number of benzene rings is 3. The van der Waals surface area contributed by atoms with Crippen molar-refractivity contribution >= 4 is 27.3 Å². The number of sulfonamides is 1. The van der Waals surface area contributed by atoms with Gasteiger partial charge in [-0.1, -0.05) is 72.8 Å². The summed E-state index contributed by atoms with van der Waals surface area (Å²) >= 11 is 1.21. The first-order valence-corrected chi connectivity index (χ1v) is 13.7. The number of carboxylic acid groups (broad SMARTS) is 1. The molecule has 0 saturated carbocycles. The minimum atomic E-state index is -3.80. The van der Waals surface area contributed by atoms with Gasteiger partial charge in [-0.05, 0) is 23.3 Å². The molecule has 0 fully saturated rings. The maximum Gasteiger partial charge on any atom is 0.355 e. The molecule has 0 unspecified atom stereocenters.